The van der Waals surface area contributed by atoms with Crippen molar-refractivity contribution in [2.75, 3.05) is 0 Å². The maximum absolute atomic E-state index is 12.2. The van der Waals surface area contributed by atoms with Gasteiger partial charge in [0.2, 0.25) is 0 Å². The summed E-state index contributed by atoms with van der Waals surface area (Å²) in [5.74, 6) is 0. The maximum atomic E-state index is 12.2. The summed E-state index contributed by atoms with van der Waals surface area (Å²) >= 11 is 0. The molecular weight excluding hydrogens is 254 g/mol. The van der Waals surface area contributed by atoms with Crippen LogP contribution in [0.2, 0.25) is 0 Å². The molecule has 0 unspecified atom stereocenters. The van der Waals surface area contributed by atoms with Crippen molar-refractivity contribution in [3.8, 4) is 11.4 Å². The first-order valence-corrected chi connectivity index (χ1v) is 6.86. The van der Waals surface area contributed by atoms with Crippen molar-refractivity contribution in [1.29, 1.82) is 0 Å². The molecule has 102 valence electrons. The van der Waals surface area contributed by atoms with E-state index in [1.165, 1.54) is 0 Å². The Morgan fingerprint density at radius 2 is 2.05 bits per heavy atom. The van der Waals surface area contributed by atoms with E-state index in [1.54, 1.807) is 10.9 Å². The highest BCUT2D eigenvalue weighted by atomic mass is 16.1. The molecule has 1 aliphatic rings. The lowest BCUT2D eigenvalue weighted by Gasteiger charge is -2.15. The van der Waals surface area contributed by atoms with Crippen LogP contribution >= 0.6 is 0 Å². The predicted octanol–water partition coefficient (Wildman–Crippen LogP) is 1.53. The van der Waals surface area contributed by atoms with Gasteiger partial charge in [-0.3, -0.25) is 14.6 Å². The lowest BCUT2D eigenvalue weighted by atomic mass is 9.90. The molecule has 0 saturated heterocycles. The Morgan fingerprint density at radius 3 is 2.80 bits per heavy atom. The number of aromatic amines is 2. The van der Waals surface area contributed by atoms with E-state index in [9.17, 15) is 4.79 Å². The third-order valence-electron chi connectivity index (χ3n) is 4.08. The molecule has 6 heteroatoms. The summed E-state index contributed by atoms with van der Waals surface area (Å²) in [7, 11) is 1.85. The van der Waals surface area contributed by atoms with Gasteiger partial charge in [0.15, 0.2) is 0 Å². The van der Waals surface area contributed by atoms with Crippen LogP contribution in [0.3, 0.4) is 0 Å². The highest BCUT2D eigenvalue weighted by molar-refractivity contribution is 5.93. The number of nitrogens with one attached hydrogen (secondary N) is 2. The third kappa shape index (κ3) is 1.47. The van der Waals surface area contributed by atoms with E-state index < -0.39 is 0 Å². The van der Waals surface area contributed by atoms with Crippen molar-refractivity contribution in [1.82, 2.24) is 25.0 Å². The van der Waals surface area contributed by atoms with Gasteiger partial charge in [-0.15, -0.1) is 0 Å². The van der Waals surface area contributed by atoms with Crippen molar-refractivity contribution in [2.45, 2.75) is 25.7 Å². The van der Waals surface area contributed by atoms with Gasteiger partial charge in [0.05, 0.1) is 11.1 Å². The van der Waals surface area contributed by atoms with Crippen LogP contribution in [0.4, 0.5) is 0 Å². The maximum Gasteiger partial charge on any atom is 0.253 e. The zero-order valence-corrected chi connectivity index (χ0v) is 11.2. The van der Waals surface area contributed by atoms with Crippen LogP contribution in [0, 0.1) is 0 Å². The monoisotopic (exact) mass is 269 g/mol. The highest BCUT2D eigenvalue weighted by Crippen LogP contribution is 2.32. The first-order valence-electron chi connectivity index (χ1n) is 6.86. The Kier molecular flexibility index (Phi) is 2.33. The number of pyridine rings is 1. The van der Waals surface area contributed by atoms with Gasteiger partial charge in [-0.2, -0.15) is 10.2 Å². The molecule has 6 nitrogen and oxygen atoms in total. The number of hydrogen-bond donors (Lipinski definition) is 2. The van der Waals surface area contributed by atoms with Crippen LogP contribution in [0.5, 0.6) is 0 Å². The summed E-state index contributed by atoms with van der Waals surface area (Å²) in [6, 6.07) is 1.90. The second kappa shape index (κ2) is 4.06. The predicted molar refractivity (Wildman–Crippen MR) is 75.6 cm³/mol. The molecule has 0 spiro atoms. The summed E-state index contributed by atoms with van der Waals surface area (Å²) < 4.78 is 1.74. The molecule has 1 aliphatic carbocycles. The third-order valence-corrected chi connectivity index (χ3v) is 4.08. The van der Waals surface area contributed by atoms with Crippen molar-refractivity contribution in [2.24, 2.45) is 7.05 Å². The Morgan fingerprint density at radius 1 is 1.25 bits per heavy atom. The Bertz CT molecular complexity index is 841. The molecular formula is C14H15N5O. The van der Waals surface area contributed by atoms with E-state index >= 15 is 0 Å². The molecule has 0 radical (unpaired) electrons. The van der Waals surface area contributed by atoms with Crippen molar-refractivity contribution in [3.05, 3.63) is 33.7 Å². The van der Waals surface area contributed by atoms with Crippen molar-refractivity contribution >= 4 is 11.0 Å². The number of aromatic nitrogens is 5. The van der Waals surface area contributed by atoms with E-state index in [-0.39, 0.29) is 5.56 Å². The average Bonchev–Trinajstić information content (AvgIpc) is 3.08. The molecule has 3 heterocycles. The Hall–Kier alpha value is -2.37. The minimum absolute atomic E-state index is 0.0337. The summed E-state index contributed by atoms with van der Waals surface area (Å²) in [6.45, 7) is 0. The lowest BCUT2D eigenvalue weighted by Crippen LogP contribution is -2.19. The van der Waals surface area contributed by atoms with Crippen molar-refractivity contribution < 1.29 is 0 Å². The molecule has 20 heavy (non-hydrogen) atoms. The lowest BCUT2D eigenvalue weighted by molar-refractivity contribution is 0.681. The summed E-state index contributed by atoms with van der Waals surface area (Å²) in [5.41, 5.74) is 4.67. The molecule has 0 aliphatic heterocycles. The SMILES string of the molecule is Cn1nc(-c2ccn[nH]2)c2c3c(c(=O)[nH]c21)CCCC3. The van der Waals surface area contributed by atoms with Crippen LogP contribution in [0.1, 0.15) is 24.0 Å². The van der Waals surface area contributed by atoms with Gasteiger partial charge >= 0.3 is 0 Å². The molecule has 3 aromatic rings. The summed E-state index contributed by atoms with van der Waals surface area (Å²) in [5, 5.41) is 12.6. The molecule has 0 atom stereocenters. The fourth-order valence-electron chi connectivity index (χ4n) is 3.14. The van der Waals surface area contributed by atoms with Gasteiger partial charge in [-0.25, -0.2) is 0 Å². The largest absolute Gasteiger partial charge is 0.307 e. The molecule has 4 rings (SSSR count). The minimum atomic E-state index is 0.0337. The standard InChI is InChI=1S/C14H15N5O/c1-19-13-11(12(18-19)10-6-7-15-17-10)8-4-2-3-5-9(8)14(20)16-13/h6-7H,2-5H2,1H3,(H,15,17)(H,16,20). The van der Waals surface area contributed by atoms with Gasteiger partial charge in [-0.05, 0) is 37.3 Å². The van der Waals surface area contributed by atoms with Gasteiger partial charge in [-0.1, -0.05) is 0 Å². The van der Waals surface area contributed by atoms with Gasteiger partial charge < -0.3 is 4.98 Å². The molecule has 0 bridgehead atoms. The average molecular weight is 269 g/mol. The Balaban J connectivity index is 2.14. The molecule has 3 aromatic heterocycles. The molecule has 0 amide bonds. The quantitative estimate of drug-likeness (QED) is 0.703. The zero-order chi connectivity index (χ0) is 13.7. The van der Waals surface area contributed by atoms with Crippen LogP contribution in [0.25, 0.3) is 22.4 Å². The van der Waals surface area contributed by atoms with Gasteiger partial charge in [0.25, 0.3) is 5.56 Å². The zero-order valence-electron chi connectivity index (χ0n) is 11.2. The number of aryl methyl sites for hydroxylation is 2. The van der Waals surface area contributed by atoms with Crippen LogP contribution in [-0.4, -0.2) is 25.0 Å². The smallest absolute Gasteiger partial charge is 0.253 e. The number of rotatable bonds is 1. The number of H-pyrrole nitrogens is 2. The van der Waals surface area contributed by atoms with E-state index in [2.05, 4.69) is 20.3 Å². The first-order chi connectivity index (χ1) is 9.75. The number of fused-ring (bicyclic) bond motifs is 3. The number of hydrogen-bond acceptors (Lipinski definition) is 3. The molecule has 2 N–H and O–H groups in total. The summed E-state index contributed by atoms with van der Waals surface area (Å²) in [4.78, 5) is 15.2. The van der Waals surface area contributed by atoms with Crippen LogP contribution in [0.15, 0.2) is 17.1 Å². The molecule has 0 fully saturated rings. The topological polar surface area (TPSA) is 79.4 Å². The second-order valence-electron chi connectivity index (χ2n) is 5.28. The van der Waals surface area contributed by atoms with Gasteiger partial charge in [0, 0.05) is 18.8 Å². The molecule has 0 aromatic carbocycles. The van der Waals surface area contributed by atoms with Crippen LogP contribution < -0.4 is 5.56 Å². The Labute approximate surface area is 114 Å². The number of nitrogens with zero attached hydrogens (tertiary/aromatic N) is 3. The van der Waals surface area contributed by atoms with Crippen LogP contribution in [-0.2, 0) is 19.9 Å². The fourth-order valence-corrected chi connectivity index (χ4v) is 3.14. The van der Waals surface area contributed by atoms with E-state index in [4.69, 9.17) is 0 Å². The molecule has 0 saturated carbocycles. The summed E-state index contributed by atoms with van der Waals surface area (Å²) in [6.07, 6.45) is 5.73. The van der Waals surface area contributed by atoms with Crippen molar-refractivity contribution in [3.63, 3.8) is 0 Å². The second-order valence-corrected chi connectivity index (χ2v) is 5.28. The highest BCUT2D eigenvalue weighted by Gasteiger charge is 2.22. The van der Waals surface area contributed by atoms with Gasteiger partial charge in [0.1, 0.15) is 11.3 Å². The van der Waals surface area contributed by atoms with E-state index in [1.807, 2.05) is 13.1 Å². The first kappa shape index (κ1) is 11.5. The van der Waals surface area contributed by atoms with E-state index in [0.717, 1.165) is 59.2 Å². The van der Waals surface area contributed by atoms with E-state index in [0.29, 0.717) is 0 Å². The fraction of sp³-hybridized carbons (Fsp3) is 0.357. The normalized spacial score (nSPS) is 14.7. The minimum Gasteiger partial charge on any atom is -0.307 e.